The molecule has 2 rings (SSSR count). The molecule has 2 aromatic rings. The molecular formula is C9H7IN2O. The maximum Gasteiger partial charge on any atom is 0.213 e. The molecule has 0 aliphatic carbocycles. The number of halogens is 1. The van der Waals surface area contributed by atoms with Crippen LogP contribution in [0.3, 0.4) is 0 Å². The molecule has 0 bridgehead atoms. The molecule has 0 unspecified atom stereocenters. The molecule has 0 radical (unpaired) electrons. The summed E-state index contributed by atoms with van der Waals surface area (Å²) in [5, 5.41) is 3.76. The van der Waals surface area contributed by atoms with Crippen LogP contribution in [0.4, 0.5) is 0 Å². The number of nitrogens with zero attached hydrogens (tertiary/aromatic N) is 2. The lowest BCUT2D eigenvalue weighted by Gasteiger charge is -1.99. The van der Waals surface area contributed by atoms with Crippen molar-refractivity contribution in [2.75, 3.05) is 0 Å². The Balaban J connectivity index is 2.24. The molecule has 1 heterocycles. The van der Waals surface area contributed by atoms with Gasteiger partial charge in [0.1, 0.15) is 0 Å². The highest BCUT2D eigenvalue weighted by Crippen LogP contribution is 2.13. The van der Waals surface area contributed by atoms with Gasteiger partial charge in [0.25, 0.3) is 0 Å². The van der Waals surface area contributed by atoms with Crippen LogP contribution in [0.15, 0.2) is 35.2 Å². The number of rotatable bonds is 2. The summed E-state index contributed by atoms with van der Waals surface area (Å²) >= 11 is 2.30. The minimum Gasteiger partial charge on any atom is -0.343 e. The van der Waals surface area contributed by atoms with E-state index in [1.807, 2.05) is 12.1 Å². The average Bonchev–Trinajstić information content (AvgIpc) is 2.61. The largest absolute Gasteiger partial charge is 0.343 e. The van der Waals surface area contributed by atoms with Crippen molar-refractivity contribution in [2.45, 2.75) is 6.42 Å². The van der Waals surface area contributed by atoms with Crippen molar-refractivity contribution < 1.29 is 4.52 Å². The molecule has 0 amide bonds. The van der Waals surface area contributed by atoms with Crippen LogP contribution in [-0.2, 0) is 6.42 Å². The van der Waals surface area contributed by atoms with Crippen molar-refractivity contribution in [3.05, 3.63) is 45.6 Å². The molecule has 13 heavy (non-hydrogen) atoms. The molecule has 0 spiro atoms. The summed E-state index contributed by atoms with van der Waals surface area (Å²) in [6, 6.07) is 8.16. The molecule has 0 aliphatic heterocycles. The van der Waals surface area contributed by atoms with Gasteiger partial charge in [0.2, 0.25) is 6.39 Å². The van der Waals surface area contributed by atoms with Crippen LogP contribution in [0, 0.1) is 3.57 Å². The number of hydrogen-bond donors (Lipinski definition) is 0. The minimum atomic E-state index is 0.726. The van der Waals surface area contributed by atoms with Gasteiger partial charge in [-0.3, -0.25) is 0 Å². The third kappa shape index (κ3) is 2.06. The van der Waals surface area contributed by atoms with Crippen molar-refractivity contribution in [3.63, 3.8) is 0 Å². The zero-order valence-corrected chi connectivity index (χ0v) is 8.93. The third-order valence-electron chi connectivity index (χ3n) is 1.71. The second-order valence-electron chi connectivity index (χ2n) is 2.62. The van der Waals surface area contributed by atoms with Crippen LogP contribution in [0.1, 0.15) is 11.4 Å². The standard InChI is InChI=1S/C9H7IN2O/c10-8-4-2-1-3-7(8)5-9-11-6-13-12-9/h1-4,6H,5H2. The molecule has 0 saturated heterocycles. The lowest BCUT2D eigenvalue weighted by Crippen LogP contribution is -1.92. The van der Waals surface area contributed by atoms with Crippen LogP contribution in [0.5, 0.6) is 0 Å². The zero-order chi connectivity index (χ0) is 9.10. The molecule has 66 valence electrons. The molecule has 3 nitrogen and oxygen atoms in total. The molecule has 4 heteroatoms. The van der Waals surface area contributed by atoms with Gasteiger partial charge in [0, 0.05) is 9.99 Å². The fraction of sp³-hybridized carbons (Fsp3) is 0.111. The molecule has 0 saturated carbocycles. The van der Waals surface area contributed by atoms with Crippen molar-refractivity contribution in [2.24, 2.45) is 0 Å². The first-order valence-electron chi connectivity index (χ1n) is 3.85. The number of aromatic nitrogens is 2. The van der Waals surface area contributed by atoms with Gasteiger partial charge in [-0.05, 0) is 34.2 Å². The second-order valence-corrected chi connectivity index (χ2v) is 3.78. The quantitative estimate of drug-likeness (QED) is 0.795. The van der Waals surface area contributed by atoms with E-state index >= 15 is 0 Å². The lowest BCUT2D eigenvalue weighted by molar-refractivity contribution is 0.411. The summed E-state index contributed by atoms with van der Waals surface area (Å²) in [5.41, 5.74) is 1.23. The van der Waals surface area contributed by atoms with Crippen LogP contribution in [-0.4, -0.2) is 10.1 Å². The Kier molecular flexibility index (Phi) is 2.58. The van der Waals surface area contributed by atoms with Gasteiger partial charge >= 0.3 is 0 Å². The predicted molar refractivity (Wildman–Crippen MR) is 56.3 cm³/mol. The van der Waals surface area contributed by atoms with Gasteiger partial charge in [0.15, 0.2) is 5.82 Å². The Labute approximate surface area is 89.3 Å². The van der Waals surface area contributed by atoms with Gasteiger partial charge < -0.3 is 4.52 Å². The zero-order valence-electron chi connectivity index (χ0n) is 6.77. The van der Waals surface area contributed by atoms with Gasteiger partial charge in [-0.25, -0.2) is 0 Å². The van der Waals surface area contributed by atoms with E-state index < -0.39 is 0 Å². The highest BCUT2D eigenvalue weighted by Gasteiger charge is 2.03. The topological polar surface area (TPSA) is 38.9 Å². The normalized spacial score (nSPS) is 10.2. The molecular weight excluding hydrogens is 279 g/mol. The van der Waals surface area contributed by atoms with E-state index in [4.69, 9.17) is 0 Å². The first-order chi connectivity index (χ1) is 6.36. The predicted octanol–water partition coefficient (Wildman–Crippen LogP) is 2.26. The van der Waals surface area contributed by atoms with E-state index in [0.717, 1.165) is 12.2 Å². The minimum absolute atomic E-state index is 0.726. The van der Waals surface area contributed by atoms with E-state index in [0.29, 0.717) is 0 Å². The average molecular weight is 286 g/mol. The SMILES string of the molecule is Ic1ccccc1Cc1ncon1. The van der Waals surface area contributed by atoms with Crippen molar-refractivity contribution in [1.82, 2.24) is 10.1 Å². The first-order valence-corrected chi connectivity index (χ1v) is 4.93. The van der Waals surface area contributed by atoms with Crippen molar-refractivity contribution in [1.29, 1.82) is 0 Å². The monoisotopic (exact) mass is 286 g/mol. The first kappa shape index (κ1) is 8.68. The summed E-state index contributed by atoms with van der Waals surface area (Å²) in [4.78, 5) is 3.97. The summed E-state index contributed by atoms with van der Waals surface area (Å²) in [6.45, 7) is 0. The molecule has 0 N–H and O–H groups in total. The third-order valence-corrected chi connectivity index (χ3v) is 2.77. The van der Waals surface area contributed by atoms with Crippen LogP contribution in [0.25, 0.3) is 0 Å². The molecule has 1 aromatic heterocycles. The maximum absolute atomic E-state index is 4.66. The highest BCUT2D eigenvalue weighted by molar-refractivity contribution is 14.1. The van der Waals surface area contributed by atoms with E-state index in [2.05, 4.69) is 49.4 Å². The highest BCUT2D eigenvalue weighted by atomic mass is 127. The van der Waals surface area contributed by atoms with Gasteiger partial charge in [-0.1, -0.05) is 23.4 Å². The summed E-state index contributed by atoms with van der Waals surface area (Å²) in [6.07, 6.45) is 2.08. The molecule has 1 aromatic carbocycles. The molecule has 0 fully saturated rings. The van der Waals surface area contributed by atoms with Crippen molar-refractivity contribution in [3.8, 4) is 0 Å². The van der Waals surface area contributed by atoms with Crippen LogP contribution >= 0.6 is 22.6 Å². The molecule has 0 aliphatic rings. The van der Waals surface area contributed by atoms with E-state index in [1.54, 1.807) is 0 Å². The fourth-order valence-corrected chi connectivity index (χ4v) is 1.66. The number of hydrogen-bond acceptors (Lipinski definition) is 3. The van der Waals surface area contributed by atoms with E-state index in [-0.39, 0.29) is 0 Å². The Morgan fingerprint density at radius 1 is 1.31 bits per heavy atom. The Bertz CT molecular complexity index is 386. The smallest absolute Gasteiger partial charge is 0.213 e. The van der Waals surface area contributed by atoms with Gasteiger partial charge in [0.05, 0.1) is 0 Å². The second kappa shape index (κ2) is 3.87. The molecule has 0 atom stereocenters. The van der Waals surface area contributed by atoms with E-state index in [9.17, 15) is 0 Å². The Morgan fingerprint density at radius 2 is 2.15 bits per heavy atom. The summed E-state index contributed by atoms with van der Waals surface area (Å²) in [7, 11) is 0. The van der Waals surface area contributed by atoms with Gasteiger partial charge in [-0.2, -0.15) is 4.98 Å². The Hall–Kier alpha value is -0.910. The van der Waals surface area contributed by atoms with Crippen LogP contribution < -0.4 is 0 Å². The summed E-state index contributed by atoms with van der Waals surface area (Å²) < 4.78 is 5.89. The van der Waals surface area contributed by atoms with Crippen LogP contribution in [0.2, 0.25) is 0 Å². The fourth-order valence-electron chi connectivity index (χ4n) is 1.08. The van der Waals surface area contributed by atoms with E-state index in [1.165, 1.54) is 15.5 Å². The Morgan fingerprint density at radius 3 is 2.85 bits per heavy atom. The number of benzene rings is 1. The van der Waals surface area contributed by atoms with Crippen molar-refractivity contribution >= 4 is 22.6 Å². The lowest BCUT2D eigenvalue weighted by atomic mass is 10.1. The summed E-state index contributed by atoms with van der Waals surface area (Å²) in [5.74, 6) is 0.726. The van der Waals surface area contributed by atoms with Gasteiger partial charge in [-0.15, -0.1) is 0 Å². The maximum atomic E-state index is 4.66.